The van der Waals surface area contributed by atoms with Gasteiger partial charge in [0.15, 0.2) is 9.84 Å². The molecule has 0 saturated heterocycles. The first kappa shape index (κ1) is 20.4. The molecule has 5 heteroatoms. The number of benzene rings is 2. The number of nitrogens with one attached hydrogen (secondary N) is 1. The normalized spacial score (nSPS) is 11.8. The Balaban J connectivity index is 1.70. The van der Waals surface area contributed by atoms with Crippen molar-refractivity contribution in [3.63, 3.8) is 0 Å². The highest BCUT2D eigenvalue weighted by Gasteiger charge is 2.20. The SMILES string of the molecule is Cc1ccc(S(=O)(=O)Cc2[nH]c3ccccc3c2CCc2ccnc(C)c2C)cc1. The van der Waals surface area contributed by atoms with Crippen LogP contribution in [-0.2, 0) is 28.4 Å². The molecule has 0 aliphatic heterocycles. The molecule has 0 radical (unpaired) electrons. The second-order valence-electron chi connectivity index (χ2n) is 7.88. The van der Waals surface area contributed by atoms with Crippen LogP contribution >= 0.6 is 0 Å². The van der Waals surface area contributed by atoms with E-state index in [4.69, 9.17) is 0 Å². The number of hydrogen-bond acceptors (Lipinski definition) is 3. The third-order valence-corrected chi connectivity index (χ3v) is 7.49. The van der Waals surface area contributed by atoms with E-state index in [1.165, 1.54) is 11.1 Å². The molecule has 0 unspecified atom stereocenters. The number of H-pyrrole nitrogens is 1. The van der Waals surface area contributed by atoms with E-state index >= 15 is 0 Å². The quantitative estimate of drug-likeness (QED) is 0.465. The molecular weight excluding hydrogens is 392 g/mol. The minimum atomic E-state index is -3.44. The Hall–Kier alpha value is -2.92. The fourth-order valence-corrected chi connectivity index (χ4v) is 5.25. The second kappa shape index (κ2) is 8.07. The predicted octanol–water partition coefficient (Wildman–Crippen LogP) is 5.25. The molecule has 0 aliphatic rings. The van der Waals surface area contributed by atoms with Crippen molar-refractivity contribution in [2.45, 2.75) is 44.3 Å². The van der Waals surface area contributed by atoms with Gasteiger partial charge >= 0.3 is 0 Å². The van der Waals surface area contributed by atoms with Crippen molar-refractivity contribution in [2.24, 2.45) is 0 Å². The van der Waals surface area contributed by atoms with Crippen LogP contribution in [0.4, 0.5) is 0 Å². The van der Waals surface area contributed by atoms with E-state index in [1.807, 2.05) is 50.4 Å². The van der Waals surface area contributed by atoms with E-state index in [0.717, 1.165) is 46.3 Å². The summed E-state index contributed by atoms with van der Waals surface area (Å²) in [4.78, 5) is 8.09. The van der Waals surface area contributed by atoms with Gasteiger partial charge < -0.3 is 4.98 Å². The lowest BCUT2D eigenvalue weighted by Crippen LogP contribution is -2.08. The maximum atomic E-state index is 13.1. The van der Waals surface area contributed by atoms with Crippen molar-refractivity contribution in [3.8, 4) is 0 Å². The Bertz CT molecular complexity index is 1300. The van der Waals surface area contributed by atoms with Gasteiger partial charge in [0.25, 0.3) is 0 Å². The lowest BCUT2D eigenvalue weighted by molar-refractivity contribution is 0.594. The van der Waals surface area contributed by atoms with Crippen molar-refractivity contribution in [1.29, 1.82) is 0 Å². The minimum Gasteiger partial charge on any atom is -0.357 e. The molecule has 0 saturated carbocycles. The summed E-state index contributed by atoms with van der Waals surface area (Å²) in [6, 6.07) is 17.2. The van der Waals surface area contributed by atoms with Crippen LogP contribution in [0.5, 0.6) is 0 Å². The van der Waals surface area contributed by atoms with Crippen LogP contribution in [0.2, 0.25) is 0 Å². The Kier molecular flexibility index (Phi) is 5.48. The van der Waals surface area contributed by atoms with E-state index < -0.39 is 9.84 Å². The molecule has 4 nitrogen and oxygen atoms in total. The Morgan fingerprint density at radius 2 is 1.63 bits per heavy atom. The number of pyridine rings is 1. The fourth-order valence-electron chi connectivity index (χ4n) is 3.91. The van der Waals surface area contributed by atoms with Gasteiger partial charge in [0.1, 0.15) is 0 Å². The number of hydrogen-bond donors (Lipinski definition) is 1. The first-order chi connectivity index (χ1) is 14.3. The average Bonchev–Trinajstić information content (AvgIpc) is 3.06. The van der Waals surface area contributed by atoms with Gasteiger partial charge in [-0.1, -0.05) is 35.9 Å². The largest absolute Gasteiger partial charge is 0.357 e. The van der Waals surface area contributed by atoms with Gasteiger partial charge in [-0.15, -0.1) is 0 Å². The molecule has 4 rings (SSSR count). The Morgan fingerprint density at radius 3 is 2.40 bits per heavy atom. The highest BCUT2D eigenvalue weighted by atomic mass is 32.2. The first-order valence-electron chi connectivity index (χ1n) is 10.1. The van der Waals surface area contributed by atoms with E-state index in [0.29, 0.717) is 4.90 Å². The van der Waals surface area contributed by atoms with E-state index in [1.54, 1.807) is 12.1 Å². The van der Waals surface area contributed by atoms with Crippen LogP contribution < -0.4 is 0 Å². The zero-order valence-electron chi connectivity index (χ0n) is 17.6. The smallest absolute Gasteiger partial charge is 0.183 e. The van der Waals surface area contributed by atoms with Crippen molar-refractivity contribution >= 4 is 20.7 Å². The molecular formula is C25H26N2O2S. The number of aromatic amines is 1. The maximum absolute atomic E-state index is 13.1. The van der Waals surface area contributed by atoms with Gasteiger partial charge in [0.05, 0.1) is 10.6 Å². The van der Waals surface area contributed by atoms with Gasteiger partial charge in [-0.2, -0.15) is 0 Å². The van der Waals surface area contributed by atoms with Crippen LogP contribution in [0.1, 0.15) is 33.6 Å². The summed E-state index contributed by atoms with van der Waals surface area (Å²) in [7, 11) is -3.44. The average molecular weight is 419 g/mol. The summed E-state index contributed by atoms with van der Waals surface area (Å²) >= 11 is 0. The van der Waals surface area contributed by atoms with Crippen molar-refractivity contribution in [1.82, 2.24) is 9.97 Å². The molecule has 0 amide bonds. The van der Waals surface area contributed by atoms with Crippen molar-refractivity contribution < 1.29 is 8.42 Å². The van der Waals surface area contributed by atoms with Crippen LogP contribution in [0.3, 0.4) is 0 Å². The van der Waals surface area contributed by atoms with Crippen LogP contribution in [0, 0.1) is 20.8 Å². The van der Waals surface area contributed by atoms with Gasteiger partial charge in [-0.05, 0) is 74.6 Å². The Morgan fingerprint density at radius 1 is 0.900 bits per heavy atom. The van der Waals surface area contributed by atoms with E-state index in [-0.39, 0.29) is 5.75 Å². The minimum absolute atomic E-state index is 0.0333. The van der Waals surface area contributed by atoms with E-state index in [2.05, 4.69) is 29.0 Å². The molecule has 2 heterocycles. The lowest BCUT2D eigenvalue weighted by Gasteiger charge is -2.10. The standard InChI is InChI=1S/C25H26N2O2S/c1-17-8-11-21(12-9-17)30(28,29)16-25-23(22-6-4-5-7-24(22)27-25)13-10-20-14-15-26-19(3)18(20)2/h4-9,11-12,14-15,27H,10,13,16H2,1-3H3. The topological polar surface area (TPSA) is 62.8 Å². The van der Waals surface area contributed by atoms with Gasteiger partial charge in [0.2, 0.25) is 0 Å². The molecule has 0 bridgehead atoms. The summed E-state index contributed by atoms with van der Waals surface area (Å²) in [5.41, 5.74) is 7.36. The summed E-state index contributed by atoms with van der Waals surface area (Å²) in [6.45, 7) is 6.06. The van der Waals surface area contributed by atoms with Crippen molar-refractivity contribution in [3.05, 3.63) is 94.4 Å². The Labute approximate surface area is 177 Å². The third kappa shape index (κ3) is 4.03. The van der Waals surface area contributed by atoms with Crippen LogP contribution in [-0.4, -0.2) is 18.4 Å². The molecule has 2 aromatic heterocycles. The number of sulfone groups is 1. The number of fused-ring (bicyclic) bond motifs is 1. The molecule has 0 fully saturated rings. The monoisotopic (exact) mass is 418 g/mol. The molecule has 30 heavy (non-hydrogen) atoms. The highest BCUT2D eigenvalue weighted by molar-refractivity contribution is 7.90. The maximum Gasteiger partial charge on any atom is 0.183 e. The van der Waals surface area contributed by atoms with E-state index in [9.17, 15) is 8.42 Å². The van der Waals surface area contributed by atoms with Gasteiger partial charge in [0, 0.05) is 28.5 Å². The zero-order chi connectivity index (χ0) is 21.3. The number of rotatable bonds is 6. The number of aryl methyl sites for hydroxylation is 4. The zero-order valence-corrected chi connectivity index (χ0v) is 18.4. The molecule has 4 aromatic rings. The third-order valence-electron chi connectivity index (χ3n) is 5.83. The molecule has 1 N–H and O–H groups in total. The molecule has 0 spiro atoms. The molecule has 0 atom stereocenters. The van der Waals surface area contributed by atoms with Crippen molar-refractivity contribution in [2.75, 3.05) is 0 Å². The first-order valence-corrected chi connectivity index (χ1v) is 11.8. The number of para-hydroxylation sites is 1. The second-order valence-corrected chi connectivity index (χ2v) is 9.87. The number of aromatic nitrogens is 2. The summed E-state index contributed by atoms with van der Waals surface area (Å²) in [5.74, 6) is -0.0333. The fraction of sp³-hybridized carbons (Fsp3) is 0.240. The van der Waals surface area contributed by atoms with Crippen LogP contribution in [0.15, 0.2) is 65.7 Å². The van der Waals surface area contributed by atoms with Crippen LogP contribution in [0.25, 0.3) is 10.9 Å². The predicted molar refractivity (Wildman–Crippen MR) is 121 cm³/mol. The highest BCUT2D eigenvalue weighted by Crippen LogP contribution is 2.28. The van der Waals surface area contributed by atoms with Gasteiger partial charge in [-0.25, -0.2) is 8.42 Å². The summed E-state index contributed by atoms with van der Waals surface area (Å²) < 4.78 is 26.2. The summed E-state index contributed by atoms with van der Waals surface area (Å²) in [5, 5.41) is 1.09. The summed E-state index contributed by atoms with van der Waals surface area (Å²) in [6.07, 6.45) is 3.46. The molecule has 0 aliphatic carbocycles. The van der Waals surface area contributed by atoms with Gasteiger partial charge in [-0.3, -0.25) is 4.98 Å². The molecule has 154 valence electrons. The lowest BCUT2D eigenvalue weighted by atomic mass is 9.99. The number of nitrogens with zero attached hydrogens (tertiary/aromatic N) is 1. The molecule has 2 aromatic carbocycles.